The predicted molar refractivity (Wildman–Crippen MR) is 362 cm³/mol. The lowest BCUT2D eigenvalue weighted by Crippen LogP contribution is -2.30. The summed E-state index contributed by atoms with van der Waals surface area (Å²) in [4.78, 5) is 38.3. The highest BCUT2D eigenvalue weighted by molar-refractivity contribution is 5.72. The number of esters is 3. The lowest BCUT2D eigenvalue weighted by molar-refractivity contribution is -0.166. The molecule has 6 heteroatoms. The van der Waals surface area contributed by atoms with Crippen LogP contribution in [-0.2, 0) is 28.6 Å². The summed E-state index contributed by atoms with van der Waals surface area (Å²) in [5, 5.41) is 0. The summed E-state index contributed by atoms with van der Waals surface area (Å²) in [6.07, 6.45) is 94.2. The van der Waals surface area contributed by atoms with Crippen LogP contribution in [0.15, 0.2) is 72.9 Å². The van der Waals surface area contributed by atoms with E-state index in [4.69, 9.17) is 14.2 Å². The molecule has 0 spiro atoms. The van der Waals surface area contributed by atoms with E-state index in [2.05, 4.69) is 81.5 Å². The Hall–Kier alpha value is -3.15. The Balaban J connectivity index is 4.22. The van der Waals surface area contributed by atoms with Gasteiger partial charge in [-0.2, -0.15) is 0 Å². The molecule has 0 aliphatic heterocycles. The first-order valence-corrected chi connectivity index (χ1v) is 36.4. The maximum Gasteiger partial charge on any atom is 0.309 e. The van der Waals surface area contributed by atoms with Crippen molar-refractivity contribution >= 4 is 17.9 Å². The third-order valence-electron chi connectivity index (χ3n) is 16.2. The smallest absolute Gasteiger partial charge is 0.309 e. The average molecular weight is 1160 g/mol. The topological polar surface area (TPSA) is 78.9 Å². The Morgan fingerprint density at radius 3 is 0.831 bits per heavy atom. The number of hydrogen-bond acceptors (Lipinski definition) is 6. The summed E-state index contributed by atoms with van der Waals surface area (Å²) < 4.78 is 16.9. The molecule has 0 aromatic carbocycles. The van der Waals surface area contributed by atoms with Crippen molar-refractivity contribution in [2.45, 2.75) is 386 Å². The van der Waals surface area contributed by atoms with Crippen molar-refractivity contribution < 1.29 is 28.6 Å². The third kappa shape index (κ3) is 69.5. The number of rotatable bonds is 67. The van der Waals surface area contributed by atoms with Gasteiger partial charge in [0.05, 0.1) is 6.42 Å². The van der Waals surface area contributed by atoms with E-state index >= 15 is 0 Å². The molecule has 0 amide bonds. The molecule has 83 heavy (non-hydrogen) atoms. The third-order valence-corrected chi connectivity index (χ3v) is 16.2. The van der Waals surface area contributed by atoms with Crippen LogP contribution in [0.1, 0.15) is 380 Å². The molecular weight excluding hydrogens is 1020 g/mol. The minimum absolute atomic E-state index is 0.104. The van der Waals surface area contributed by atoms with Crippen molar-refractivity contribution in [1.29, 1.82) is 0 Å². The molecule has 0 bridgehead atoms. The summed E-state index contributed by atoms with van der Waals surface area (Å²) >= 11 is 0. The second-order valence-corrected chi connectivity index (χ2v) is 24.5. The average Bonchev–Trinajstić information content (AvgIpc) is 3.49. The summed E-state index contributed by atoms with van der Waals surface area (Å²) in [6, 6.07) is 0. The van der Waals surface area contributed by atoms with Crippen LogP contribution in [0.4, 0.5) is 0 Å². The minimum Gasteiger partial charge on any atom is -0.462 e. The van der Waals surface area contributed by atoms with Crippen LogP contribution < -0.4 is 0 Å². The largest absolute Gasteiger partial charge is 0.462 e. The second-order valence-electron chi connectivity index (χ2n) is 24.5. The van der Waals surface area contributed by atoms with Crippen LogP contribution in [0.2, 0.25) is 0 Å². The van der Waals surface area contributed by atoms with Gasteiger partial charge < -0.3 is 14.2 Å². The Morgan fingerprint density at radius 1 is 0.265 bits per heavy atom. The molecule has 0 aromatic heterocycles. The highest BCUT2D eigenvalue weighted by Crippen LogP contribution is 2.19. The Kier molecular flexibility index (Phi) is 68.6. The first-order valence-electron chi connectivity index (χ1n) is 36.4. The van der Waals surface area contributed by atoms with Gasteiger partial charge in [-0.3, -0.25) is 14.4 Å². The van der Waals surface area contributed by atoms with Gasteiger partial charge in [0.15, 0.2) is 6.10 Å². The van der Waals surface area contributed by atoms with Gasteiger partial charge in [-0.1, -0.05) is 363 Å². The van der Waals surface area contributed by atoms with Gasteiger partial charge in [-0.05, 0) is 70.6 Å². The van der Waals surface area contributed by atoms with Crippen molar-refractivity contribution in [3.63, 3.8) is 0 Å². The highest BCUT2D eigenvalue weighted by atomic mass is 16.6. The highest BCUT2D eigenvalue weighted by Gasteiger charge is 2.19. The maximum absolute atomic E-state index is 12.9. The molecule has 0 heterocycles. The predicted octanol–water partition coefficient (Wildman–Crippen LogP) is 25.2. The molecule has 0 aliphatic carbocycles. The van der Waals surface area contributed by atoms with E-state index in [0.29, 0.717) is 12.8 Å². The summed E-state index contributed by atoms with van der Waals surface area (Å²) in [5.74, 6) is -1.02. The Labute approximate surface area is 516 Å². The van der Waals surface area contributed by atoms with E-state index in [1.165, 1.54) is 270 Å². The number of allylic oxidation sites excluding steroid dienone is 11. The molecule has 0 radical (unpaired) electrons. The summed E-state index contributed by atoms with van der Waals surface area (Å²) in [6.45, 7) is 6.49. The number of carbonyl (C=O) groups is 3. The van der Waals surface area contributed by atoms with Gasteiger partial charge in [0.25, 0.3) is 0 Å². The molecule has 0 saturated heterocycles. The fraction of sp³-hybridized carbons (Fsp3) is 0.805. The van der Waals surface area contributed by atoms with Gasteiger partial charge in [0, 0.05) is 12.8 Å². The summed E-state index contributed by atoms with van der Waals surface area (Å²) in [7, 11) is 0. The molecule has 1 atom stereocenters. The quantitative estimate of drug-likeness (QED) is 0.0261. The van der Waals surface area contributed by atoms with Gasteiger partial charge in [0.1, 0.15) is 13.2 Å². The number of carbonyl (C=O) groups excluding carboxylic acids is 3. The molecule has 0 aliphatic rings. The van der Waals surface area contributed by atoms with Crippen LogP contribution in [0, 0.1) is 0 Å². The van der Waals surface area contributed by atoms with Crippen molar-refractivity contribution in [2.24, 2.45) is 0 Å². The van der Waals surface area contributed by atoms with Crippen molar-refractivity contribution in [2.75, 3.05) is 13.2 Å². The molecule has 6 nitrogen and oxygen atoms in total. The van der Waals surface area contributed by atoms with E-state index in [1.54, 1.807) is 0 Å². The van der Waals surface area contributed by atoms with E-state index in [9.17, 15) is 14.4 Å². The molecule has 0 N–H and O–H groups in total. The summed E-state index contributed by atoms with van der Waals surface area (Å²) in [5.41, 5.74) is 0. The van der Waals surface area contributed by atoms with Crippen LogP contribution in [0.5, 0.6) is 0 Å². The maximum atomic E-state index is 12.9. The normalized spacial score (nSPS) is 12.5. The number of hydrogen-bond donors (Lipinski definition) is 0. The zero-order valence-corrected chi connectivity index (χ0v) is 55.5. The zero-order valence-electron chi connectivity index (χ0n) is 55.5. The Bertz CT molecular complexity index is 1520. The van der Waals surface area contributed by atoms with Gasteiger partial charge in [0.2, 0.25) is 0 Å². The first-order chi connectivity index (χ1) is 41.0. The molecule has 0 aromatic rings. The molecule has 0 rings (SSSR count). The van der Waals surface area contributed by atoms with E-state index < -0.39 is 12.1 Å². The lowest BCUT2D eigenvalue weighted by atomic mass is 10.0. The minimum atomic E-state index is -0.818. The van der Waals surface area contributed by atoms with Crippen molar-refractivity contribution in [3.05, 3.63) is 72.9 Å². The van der Waals surface area contributed by atoms with Gasteiger partial charge in [-0.25, -0.2) is 0 Å². The van der Waals surface area contributed by atoms with Crippen LogP contribution in [0.25, 0.3) is 0 Å². The zero-order chi connectivity index (χ0) is 59.9. The van der Waals surface area contributed by atoms with Gasteiger partial charge >= 0.3 is 17.9 Å². The van der Waals surface area contributed by atoms with Crippen LogP contribution >= 0.6 is 0 Å². The van der Waals surface area contributed by atoms with Crippen LogP contribution in [0.3, 0.4) is 0 Å². The SMILES string of the molecule is CC/C=C\C/C=C\C/C=C\C/C=C\C/C=C\CC(=O)OCC(COC(=O)CCCCCCCCCCCCCCCCCCCCCCCCCCCCCCCCCC)OC(=O)CCCCCCCCC/C=C\CCCCCCCCC. The van der Waals surface area contributed by atoms with Crippen molar-refractivity contribution in [3.8, 4) is 0 Å². The molecule has 0 fully saturated rings. The van der Waals surface area contributed by atoms with Crippen LogP contribution in [-0.4, -0.2) is 37.2 Å². The molecule has 482 valence electrons. The molecule has 1 unspecified atom stereocenters. The Morgan fingerprint density at radius 2 is 0.518 bits per heavy atom. The van der Waals surface area contributed by atoms with E-state index in [1.807, 2.05) is 12.2 Å². The van der Waals surface area contributed by atoms with E-state index in [0.717, 1.165) is 70.6 Å². The molecular formula is C77H138O6. The van der Waals surface area contributed by atoms with E-state index in [-0.39, 0.29) is 31.6 Å². The lowest BCUT2D eigenvalue weighted by Gasteiger charge is -2.18. The standard InChI is InChI=1S/C77H138O6/c1-4-7-10-13-16-19-22-25-28-30-32-33-34-35-36-37-38-39-40-41-42-43-44-45-47-49-52-55-58-61-64-67-70-76(79)82-73-74(72-81-75(78)69-66-63-60-57-54-51-48-27-24-21-18-15-12-9-6-3)83-77(80)71-68-65-62-59-56-53-50-46-31-29-26-23-20-17-14-11-8-5-2/h9,12,18,21,27,29,31,48,54,57,63,66,74H,4-8,10-11,13-17,19-20,22-26,28,30,32-47,49-53,55-56,58-62,64-65,67-73H2,1-3H3/b12-9-,21-18-,31-29-,48-27-,57-54-,66-63-. The fourth-order valence-corrected chi connectivity index (χ4v) is 10.8. The van der Waals surface area contributed by atoms with Crippen molar-refractivity contribution in [1.82, 2.24) is 0 Å². The fourth-order valence-electron chi connectivity index (χ4n) is 10.8. The first kappa shape index (κ1) is 79.8. The second kappa shape index (κ2) is 71.3. The van der Waals surface area contributed by atoms with Gasteiger partial charge in [-0.15, -0.1) is 0 Å². The number of unbranched alkanes of at least 4 members (excludes halogenated alkanes) is 45. The number of ether oxygens (including phenoxy) is 3. The molecule has 0 saturated carbocycles. The monoisotopic (exact) mass is 1160 g/mol.